The molecule has 0 heterocycles. The van der Waals surface area contributed by atoms with Crippen molar-refractivity contribution in [1.29, 1.82) is 0 Å². The van der Waals surface area contributed by atoms with E-state index in [9.17, 15) is 4.79 Å². The molecule has 2 atom stereocenters. The van der Waals surface area contributed by atoms with Crippen LogP contribution in [0.3, 0.4) is 0 Å². The predicted molar refractivity (Wildman–Crippen MR) is 46.6 cm³/mol. The number of carbonyl (C=O) groups is 1. The van der Waals surface area contributed by atoms with Crippen molar-refractivity contribution in [1.82, 2.24) is 0 Å². The fourth-order valence-electron chi connectivity index (χ4n) is 1.72. The van der Waals surface area contributed by atoms with Gasteiger partial charge in [-0.05, 0) is 25.2 Å². The van der Waals surface area contributed by atoms with Crippen molar-refractivity contribution in [3.63, 3.8) is 0 Å². The minimum Gasteiger partial charge on any atom is -0.466 e. The van der Waals surface area contributed by atoms with Crippen LogP contribution < -0.4 is 5.73 Å². The number of nitrogens with two attached hydrogens (primary N) is 1. The largest absolute Gasteiger partial charge is 0.466 e. The Morgan fingerprint density at radius 3 is 2.92 bits per heavy atom. The summed E-state index contributed by atoms with van der Waals surface area (Å²) >= 11 is 0. The molecule has 0 radical (unpaired) electrons. The van der Waals surface area contributed by atoms with E-state index in [0.29, 0.717) is 18.6 Å². The molecular weight excluding hydrogens is 154 g/mol. The van der Waals surface area contributed by atoms with Gasteiger partial charge in [0.15, 0.2) is 0 Å². The van der Waals surface area contributed by atoms with E-state index in [1.165, 1.54) is 13.3 Å². The molecular formula is C9H17NO2. The second-order valence-corrected chi connectivity index (χ2v) is 3.60. The Hall–Kier alpha value is -0.570. The van der Waals surface area contributed by atoms with Crippen molar-refractivity contribution in [2.45, 2.75) is 38.6 Å². The molecule has 1 aliphatic rings. The van der Waals surface area contributed by atoms with E-state index in [2.05, 4.69) is 0 Å². The zero-order valence-corrected chi connectivity index (χ0v) is 7.58. The summed E-state index contributed by atoms with van der Waals surface area (Å²) in [4.78, 5) is 10.5. The maximum Gasteiger partial charge on any atom is 0.302 e. The lowest BCUT2D eigenvalue weighted by atomic mass is 9.87. The van der Waals surface area contributed by atoms with E-state index in [-0.39, 0.29) is 5.97 Å². The molecule has 0 unspecified atom stereocenters. The molecule has 2 N–H and O–H groups in total. The second kappa shape index (κ2) is 4.45. The fourth-order valence-corrected chi connectivity index (χ4v) is 1.72. The van der Waals surface area contributed by atoms with Gasteiger partial charge in [-0.25, -0.2) is 0 Å². The van der Waals surface area contributed by atoms with Crippen LogP contribution in [0.15, 0.2) is 0 Å². The van der Waals surface area contributed by atoms with Gasteiger partial charge >= 0.3 is 5.97 Å². The van der Waals surface area contributed by atoms with Gasteiger partial charge in [-0.15, -0.1) is 0 Å². The Morgan fingerprint density at radius 2 is 2.33 bits per heavy atom. The molecule has 1 aliphatic carbocycles. The van der Waals surface area contributed by atoms with Gasteiger partial charge in [0, 0.05) is 13.0 Å². The van der Waals surface area contributed by atoms with Gasteiger partial charge in [-0.2, -0.15) is 0 Å². The molecule has 1 saturated carbocycles. The molecule has 12 heavy (non-hydrogen) atoms. The van der Waals surface area contributed by atoms with Crippen LogP contribution in [0.5, 0.6) is 0 Å². The molecule has 0 aromatic carbocycles. The summed E-state index contributed by atoms with van der Waals surface area (Å²) in [5.41, 5.74) is 5.79. The first-order valence-corrected chi connectivity index (χ1v) is 4.57. The topological polar surface area (TPSA) is 52.3 Å². The Balaban J connectivity index is 2.18. The highest BCUT2D eigenvalue weighted by atomic mass is 16.5. The second-order valence-electron chi connectivity index (χ2n) is 3.60. The van der Waals surface area contributed by atoms with E-state index >= 15 is 0 Å². The summed E-state index contributed by atoms with van der Waals surface area (Å²) in [6.07, 6.45) is 4.46. The van der Waals surface area contributed by atoms with Gasteiger partial charge in [-0.1, -0.05) is 6.42 Å². The van der Waals surface area contributed by atoms with Gasteiger partial charge in [-0.3, -0.25) is 4.79 Å². The first-order valence-electron chi connectivity index (χ1n) is 4.57. The van der Waals surface area contributed by atoms with Crippen LogP contribution in [0.1, 0.15) is 32.6 Å². The number of carbonyl (C=O) groups excluding carboxylic acids is 1. The van der Waals surface area contributed by atoms with Crippen LogP contribution in [0.2, 0.25) is 0 Å². The number of hydrogen-bond donors (Lipinski definition) is 1. The quantitative estimate of drug-likeness (QED) is 0.632. The molecule has 70 valence electrons. The first kappa shape index (κ1) is 9.52. The van der Waals surface area contributed by atoms with E-state index in [4.69, 9.17) is 10.5 Å². The highest BCUT2D eigenvalue weighted by Crippen LogP contribution is 2.23. The summed E-state index contributed by atoms with van der Waals surface area (Å²) in [6, 6.07) is 0.319. The molecule has 0 bridgehead atoms. The van der Waals surface area contributed by atoms with Gasteiger partial charge in [0.25, 0.3) is 0 Å². The molecule has 0 aromatic rings. The van der Waals surface area contributed by atoms with Gasteiger partial charge < -0.3 is 10.5 Å². The number of esters is 1. The SMILES string of the molecule is CC(=O)OC[C@H]1CCC[C@H](N)C1. The number of hydrogen-bond acceptors (Lipinski definition) is 3. The van der Waals surface area contributed by atoms with E-state index in [1.807, 2.05) is 0 Å². The minimum atomic E-state index is -0.186. The standard InChI is InChI=1S/C9H17NO2/c1-7(11)12-6-8-3-2-4-9(10)5-8/h8-9H,2-6,10H2,1H3/t8-,9-/m0/s1. The lowest BCUT2D eigenvalue weighted by Gasteiger charge is -2.25. The average molecular weight is 171 g/mol. The van der Waals surface area contributed by atoms with Crippen molar-refractivity contribution >= 4 is 5.97 Å². The summed E-state index contributed by atoms with van der Waals surface area (Å²) in [5, 5.41) is 0. The van der Waals surface area contributed by atoms with Crippen LogP contribution >= 0.6 is 0 Å². The molecule has 0 saturated heterocycles. The maximum atomic E-state index is 10.5. The summed E-state index contributed by atoms with van der Waals surface area (Å²) < 4.78 is 4.94. The van der Waals surface area contributed by atoms with Crippen molar-refractivity contribution < 1.29 is 9.53 Å². The molecule has 1 fully saturated rings. The van der Waals surface area contributed by atoms with Crippen molar-refractivity contribution in [3.8, 4) is 0 Å². The fraction of sp³-hybridized carbons (Fsp3) is 0.889. The predicted octanol–water partition coefficient (Wildman–Crippen LogP) is 1.07. The smallest absolute Gasteiger partial charge is 0.302 e. The molecule has 3 nitrogen and oxygen atoms in total. The zero-order chi connectivity index (χ0) is 8.97. The third kappa shape index (κ3) is 3.22. The first-order chi connectivity index (χ1) is 5.68. The monoisotopic (exact) mass is 171 g/mol. The molecule has 3 heteroatoms. The van der Waals surface area contributed by atoms with E-state index in [1.54, 1.807) is 0 Å². The highest BCUT2D eigenvalue weighted by Gasteiger charge is 2.19. The van der Waals surface area contributed by atoms with E-state index < -0.39 is 0 Å². The maximum absolute atomic E-state index is 10.5. The van der Waals surface area contributed by atoms with Gasteiger partial charge in [0.1, 0.15) is 0 Å². The highest BCUT2D eigenvalue weighted by molar-refractivity contribution is 5.65. The Bertz CT molecular complexity index is 159. The van der Waals surface area contributed by atoms with Crippen LogP contribution in [0, 0.1) is 5.92 Å². The Labute approximate surface area is 73.3 Å². The van der Waals surface area contributed by atoms with Crippen LogP contribution in [-0.2, 0) is 9.53 Å². The summed E-state index contributed by atoms with van der Waals surface area (Å²) in [5.74, 6) is 0.312. The van der Waals surface area contributed by atoms with Crippen LogP contribution in [0.4, 0.5) is 0 Å². The van der Waals surface area contributed by atoms with E-state index in [0.717, 1.165) is 19.3 Å². The van der Waals surface area contributed by atoms with Crippen LogP contribution in [-0.4, -0.2) is 18.6 Å². The lowest BCUT2D eigenvalue weighted by Crippen LogP contribution is -2.30. The van der Waals surface area contributed by atoms with Gasteiger partial charge in [0.05, 0.1) is 6.61 Å². The molecule has 0 aliphatic heterocycles. The zero-order valence-electron chi connectivity index (χ0n) is 7.58. The molecule has 0 amide bonds. The lowest BCUT2D eigenvalue weighted by molar-refractivity contribution is -0.142. The van der Waals surface area contributed by atoms with Crippen molar-refractivity contribution in [2.75, 3.05) is 6.61 Å². The van der Waals surface area contributed by atoms with Gasteiger partial charge in [0.2, 0.25) is 0 Å². The van der Waals surface area contributed by atoms with Crippen molar-refractivity contribution in [3.05, 3.63) is 0 Å². The number of ether oxygens (including phenoxy) is 1. The molecule has 0 spiro atoms. The normalized spacial score (nSPS) is 29.8. The molecule has 1 rings (SSSR count). The third-order valence-corrected chi connectivity index (χ3v) is 2.35. The molecule has 0 aromatic heterocycles. The minimum absolute atomic E-state index is 0.186. The number of rotatable bonds is 2. The Morgan fingerprint density at radius 1 is 1.58 bits per heavy atom. The van der Waals surface area contributed by atoms with Crippen LogP contribution in [0.25, 0.3) is 0 Å². The Kier molecular flexibility index (Phi) is 3.53. The van der Waals surface area contributed by atoms with Crippen molar-refractivity contribution in [2.24, 2.45) is 11.7 Å². The summed E-state index contributed by atoms with van der Waals surface area (Å²) in [6.45, 7) is 2.01. The third-order valence-electron chi connectivity index (χ3n) is 2.35. The summed E-state index contributed by atoms with van der Waals surface area (Å²) in [7, 11) is 0. The average Bonchev–Trinajstić information content (AvgIpc) is 2.01.